The molecular formula is C23H29F2N7O. The fourth-order valence-corrected chi connectivity index (χ4v) is 4.98. The number of nitrogens with zero attached hydrogens (tertiary/aromatic N) is 5. The summed E-state index contributed by atoms with van der Waals surface area (Å²) in [4.78, 5) is 27.5. The third-order valence-corrected chi connectivity index (χ3v) is 6.80. The van der Waals surface area contributed by atoms with Crippen molar-refractivity contribution >= 4 is 29.0 Å². The van der Waals surface area contributed by atoms with Crippen LogP contribution in [0.2, 0.25) is 0 Å². The van der Waals surface area contributed by atoms with Crippen LogP contribution in [0.5, 0.6) is 0 Å². The van der Waals surface area contributed by atoms with E-state index in [0.717, 1.165) is 12.8 Å². The van der Waals surface area contributed by atoms with Crippen molar-refractivity contribution in [3.8, 4) is 0 Å². The van der Waals surface area contributed by atoms with Crippen molar-refractivity contribution in [2.45, 2.75) is 69.7 Å². The molecule has 0 bridgehead atoms. The summed E-state index contributed by atoms with van der Waals surface area (Å²) < 4.78 is 30.8. The average molecular weight is 458 g/mol. The van der Waals surface area contributed by atoms with E-state index in [1.807, 2.05) is 4.57 Å². The van der Waals surface area contributed by atoms with Gasteiger partial charge in [0.05, 0.1) is 12.2 Å². The zero-order valence-electron chi connectivity index (χ0n) is 18.7. The van der Waals surface area contributed by atoms with Crippen molar-refractivity contribution in [3.05, 3.63) is 30.3 Å². The molecule has 3 heterocycles. The van der Waals surface area contributed by atoms with Crippen LogP contribution in [0.4, 0.5) is 20.7 Å². The number of nitrogens with one attached hydrogen (secondary N) is 2. The monoisotopic (exact) mass is 457 g/mol. The van der Waals surface area contributed by atoms with Crippen molar-refractivity contribution in [3.63, 3.8) is 0 Å². The number of aromatic nitrogens is 4. The van der Waals surface area contributed by atoms with Crippen molar-refractivity contribution in [2.75, 3.05) is 23.7 Å². The van der Waals surface area contributed by atoms with E-state index in [1.54, 1.807) is 18.0 Å². The SMILES string of the molecule is CC(=O)N1CC[C@@H](n2c(NC3C(F)=CC=CC3F)nc3cnc(NC4CCCCC4)nc32)C1. The van der Waals surface area contributed by atoms with Gasteiger partial charge in [-0.1, -0.05) is 25.3 Å². The lowest BCUT2D eigenvalue weighted by atomic mass is 9.96. The Morgan fingerprint density at radius 2 is 1.97 bits per heavy atom. The Morgan fingerprint density at radius 1 is 1.15 bits per heavy atom. The van der Waals surface area contributed by atoms with Gasteiger partial charge in [-0.15, -0.1) is 0 Å². The Morgan fingerprint density at radius 3 is 2.70 bits per heavy atom. The van der Waals surface area contributed by atoms with Crippen molar-refractivity contribution in [1.82, 2.24) is 24.4 Å². The van der Waals surface area contributed by atoms with Crippen molar-refractivity contribution in [2.24, 2.45) is 0 Å². The highest BCUT2D eigenvalue weighted by Crippen LogP contribution is 2.32. The van der Waals surface area contributed by atoms with Crippen LogP contribution in [0, 0.1) is 0 Å². The number of amides is 1. The van der Waals surface area contributed by atoms with Gasteiger partial charge < -0.3 is 15.5 Å². The van der Waals surface area contributed by atoms with Crippen molar-refractivity contribution in [1.29, 1.82) is 0 Å². The van der Waals surface area contributed by atoms with Crippen LogP contribution >= 0.6 is 0 Å². The van der Waals surface area contributed by atoms with Gasteiger partial charge >= 0.3 is 0 Å². The summed E-state index contributed by atoms with van der Waals surface area (Å²) in [6.07, 6.45) is 10.6. The van der Waals surface area contributed by atoms with Gasteiger partial charge in [-0.25, -0.2) is 18.7 Å². The molecule has 1 saturated carbocycles. The fourth-order valence-electron chi connectivity index (χ4n) is 4.98. The molecule has 8 nitrogen and oxygen atoms in total. The minimum Gasteiger partial charge on any atom is -0.351 e. The smallest absolute Gasteiger partial charge is 0.224 e. The Kier molecular flexibility index (Phi) is 5.99. The van der Waals surface area contributed by atoms with Gasteiger partial charge in [-0.3, -0.25) is 9.36 Å². The van der Waals surface area contributed by atoms with Crippen molar-refractivity contribution < 1.29 is 13.6 Å². The molecule has 3 atom stereocenters. The molecule has 2 aromatic heterocycles. The van der Waals surface area contributed by atoms with Gasteiger partial charge in [0, 0.05) is 26.1 Å². The molecule has 3 aliphatic rings. The second-order valence-corrected chi connectivity index (χ2v) is 9.10. The number of alkyl halides is 1. The molecule has 1 amide bonds. The van der Waals surface area contributed by atoms with E-state index in [1.165, 1.54) is 37.5 Å². The molecule has 5 rings (SSSR count). The first-order chi connectivity index (χ1) is 16.0. The first-order valence-corrected chi connectivity index (χ1v) is 11.7. The Balaban J connectivity index is 1.50. The average Bonchev–Trinajstić information content (AvgIpc) is 3.41. The first-order valence-electron chi connectivity index (χ1n) is 11.7. The van der Waals surface area contributed by atoms with Gasteiger partial charge in [0.1, 0.15) is 23.6 Å². The van der Waals surface area contributed by atoms with E-state index in [4.69, 9.17) is 4.98 Å². The molecule has 2 fully saturated rings. The number of carbonyl (C=O) groups excluding carboxylic acids is 1. The fraction of sp³-hybridized carbons (Fsp3) is 0.565. The van der Waals surface area contributed by atoms with Crippen LogP contribution in [-0.4, -0.2) is 61.7 Å². The first kappa shape index (κ1) is 21.8. The number of hydrogen-bond acceptors (Lipinski definition) is 6. The Labute approximate surface area is 191 Å². The molecule has 10 heteroatoms. The third-order valence-electron chi connectivity index (χ3n) is 6.80. The van der Waals surface area contributed by atoms with Crippen LogP contribution in [0.3, 0.4) is 0 Å². The predicted molar refractivity (Wildman–Crippen MR) is 122 cm³/mol. The maximum Gasteiger partial charge on any atom is 0.224 e. The van der Waals surface area contributed by atoms with Crippen LogP contribution in [-0.2, 0) is 4.79 Å². The maximum atomic E-state index is 14.5. The molecule has 1 aliphatic heterocycles. The molecule has 0 radical (unpaired) electrons. The Bertz CT molecular complexity index is 1090. The van der Waals surface area contributed by atoms with Crippen LogP contribution in [0.25, 0.3) is 11.2 Å². The number of carbonyl (C=O) groups is 1. The number of anilines is 2. The quantitative estimate of drug-likeness (QED) is 0.708. The number of allylic oxidation sites excluding steroid dienone is 2. The van der Waals surface area contributed by atoms with Crippen LogP contribution < -0.4 is 10.6 Å². The van der Waals surface area contributed by atoms with E-state index in [-0.39, 0.29) is 11.9 Å². The second kappa shape index (κ2) is 9.07. The summed E-state index contributed by atoms with van der Waals surface area (Å²) in [5.74, 6) is 0.265. The molecule has 33 heavy (non-hydrogen) atoms. The standard InChI is InChI=1S/C23H29F2N7O/c1-14(33)31-11-10-16(13-31)32-21-19(12-26-22(30-21)27-15-6-3-2-4-7-15)28-23(32)29-20-17(24)8-5-9-18(20)25/h5,8-9,12,15-17,20H,2-4,6-7,10-11,13H2,1H3,(H,28,29)(H,26,27,30)/t16-,17?,20?/m1/s1. The molecule has 2 aromatic rings. The highest BCUT2D eigenvalue weighted by Gasteiger charge is 2.32. The summed E-state index contributed by atoms with van der Waals surface area (Å²) in [7, 11) is 0. The van der Waals surface area contributed by atoms with Crippen LogP contribution in [0.1, 0.15) is 51.5 Å². The predicted octanol–water partition coefficient (Wildman–Crippen LogP) is 3.91. The number of imidazole rings is 1. The topological polar surface area (TPSA) is 88.0 Å². The largest absolute Gasteiger partial charge is 0.351 e. The number of fused-ring (bicyclic) bond motifs is 1. The summed E-state index contributed by atoms with van der Waals surface area (Å²) in [6, 6.07) is -0.933. The number of likely N-dealkylation sites (tertiary alicyclic amines) is 1. The highest BCUT2D eigenvalue weighted by molar-refractivity contribution is 5.76. The zero-order valence-corrected chi connectivity index (χ0v) is 18.7. The molecule has 2 N–H and O–H groups in total. The van der Waals surface area contributed by atoms with E-state index >= 15 is 0 Å². The number of hydrogen-bond donors (Lipinski definition) is 2. The normalized spacial score (nSPS) is 26.0. The van der Waals surface area contributed by atoms with E-state index in [2.05, 4.69) is 20.6 Å². The molecule has 2 unspecified atom stereocenters. The van der Waals surface area contributed by atoms with Gasteiger partial charge in [-0.2, -0.15) is 4.98 Å². The van der Waals surface area contributed by atoms with E-state index in [0.29, 0.717) is 48.6 Å². The number of halogens is 2. The summed E-state index contributed by atoms with van der Waals surface area (Å²) >= 11 is 0. The molecule has 0 aromatic carbocycles. The summed E-state index contributed by atoms with van der Waals surface area (Å²) in [5, 5.41) is 6.39. The molecule has 176 valence electrons. The molecular weight excluding hydrogens is 428 g/mol. The molecule has 1 saturated heterocycles. The van der Waals surface area contributed by atoms with Gasteiger partial charge in [0.25, 0.3) is 0 Å². The lowest BCUT2D eigenvalue weighted by Gasteiger charge is -2.24. The van der Waals surface area contributed by atoms with Gasteiger partial charge in [-0.05, 0) is 31.4 Å². The Hall–Kier alpha value is -3.04. The van der Waals surface area contributed by atoms with E-state index in [9.17, 15) is 13.6 Å². The number of rotatable bonds is 5. The lowest BCUT2D eigenvalue weighted by Crippen LogP contribution is -2.33. The zero-order chi connectivity index (χ0) is 22.9. The molecule has 0 spiro atoms. The minimum atomic E-state index is -1.52. The molecule has 2 aliphatic carbocycles. The second-order valence-electron chi connectivity index (χ2n) is 9.10. The van der Waals surface area contributed by atoms with E-state index < -0.39 is 18.0 Å². The van der Waals surface area contributed by atoms with Crippen LogP contribution in [0.15, 0.2) is 30.3 Å². The highest BCUT2D eigenvalue weighted by atomic mass is 19.1. The lowest BCUT2D eigenvalue weighted by molar-refractivity contribution is -0.127. The maximum absolute atomic E-state index is 14.5. The summed E-state index contributed by atoms with van der Waals surface area (Å²) in [5.41, 5.74) is 1.13. The minimum absolute atomic E-state index is 0.000859. The summed E-state index contributed by atoms with van der Waals surface area (Å²) in [6.45, 7) is 2.65. The van der Waals surface area contributed by atoms with Gasteiger partial charge in [0.2, 0.25) is 17.8 Å². The van der Waals surface area contributed by atoms with Gasteiger partial charge in [0.15, 0.2) is 5.65 Å². The third kappa shape index (κ3) is 4.43.